The lowest BCUT2D eigenvalue weighted by Gasteiger charge is -2.10. The fraction of sp³-hybridized carbons (Fsp3) is 0.128. The van der Waals surface area contributed by atoms with Crippen molar-refractivity contribution in [2.24, 2.45) is 25.6 Å². The zero-order valence-corrected chi connectivity index (χ0v) is 29.9. The van der Waals surface area contributed by atoms with Crippen LogP contribution < -0.4 is 22.1 Å². The summed E-state index contributed by atoms with van der Waals surface area (Å²) in [5.74, 6) is -1.63. The topological polar surface area (TPSA) is 216 Å². The predicted molar refractivity (Wildman–Crippen MR) is 208 cm³/mol. The first-order valence-corrected chi connectivity index (χ1v) is 17.2. The number of fused-ring (bicyclic) bond motifs is 4. The summed E-state index contributed by atoms with van der Waals surface area (Å²) in [6.07, 6.45) is 3.77. The molecule has 0 saturated carbocycles. The summed E-state index contributed by atoms with van der Waals surface area (Å²) in [6.45, 7) is 2.35. The fourth-order valence-corrected chi connectivity index (χ4v) is 6.90. The lowest BCUT2D eigenvalue weighted by Crippen LogP contribution is -2.17. The Morgan fingerprint density at radius 2 is 1.15 bits per heavy atom. The van der Waals surface area contributed by atoms with E-state index in [0.29, 0.717) is 38.4 Å². The number of primary amides is 2. The molecule has 0 radical (unpaired) electrons. The number of nitrogens with zero attached hydrogens (tertiary/aromatic N) is 8. The normalized spacial score (nSPS) is 11.7. The van der Waals surface area contributed by atoms with Crippen molar-refractivity contribution in [3.8, 4) is 0 Å². The number of anilines is 2. The average Bonchev–Trinajstić information content (AvgIpc) is 3.90. The molecule has 6 N–H and O–H groups in total. The van der Waals surface area contributed by atoms with Crippen molar-refractivity contribution in [1.82, 2.24) is 38.7 Å². The van der Waals surface area contributed by atoms with Gasteiger partial charge in [-0.15, -0.1) is 0 Å². The molecule has 0 unspecified atom stereocenters. The Balaban J connectivity index is 1.13. The van der Waals surface area contributed by atoms with Gasteiger partial charge in [-0.2, -0.15) is 10.2 Å². The number of hydrogen-bond acceptors (Lipinski definition) is 8. The number of carbonyl (C=O) groups excluding carboxylic acids is 4. The molecule has 0 saturated heterocycles. The predicted octanol–water partition coefficient (Wildman–Crippen LogP) is 4.43. The van der Waals surface area contributed by atoms with Gasteiger partial charge in [0.1, 0.15) is 0 Å². The minimum absolute atomic E-state index is 0.236. The SMILES string of the molecule is Cc1cc(C(N)=O)cc2nc(NC(=O)c3nn(C)c4ccccc34)n(C/C=C/Cn3c(NC(=O)c4nn(C)c5ccccc45)nc4cc(C(N)=O)ccc43)c12. The van der Waals surface area contributed by atoms with E-state index < -0.39 is 23.6 Å². The van der Waals surface area contributed by atoms with Gasteiger partial charge in [0, 0.05) is 49.1 Å². The molecule has 4 amide bonds. The summed E-state index contributed by atoms with van der Waals surface area (Å²) < 4.78 is 6.91. The first-order chi connectivity index (χ1) is 26.5. The summed E-state index contributed by atoms with van der Waals surface area (Å²) in [5, 5.41) is 16.1. The molecule has 55 heavy (non-hydrogen) atoms. The van der Waals surface area contributed by atoms with Crippen molar-refractivity contribution in [2.75, 3.05) is 10.6 Å². The summed E-state index contributed by atoms with van der Waals surface area (Å²) in [5.41, 5.74) is 16.8. The van der Waals surface area contributed by atoms with E-state index in [9.17, 15) is 19.2 Å². The van der Waals surface area contributed by atoms with Crippen molar-refractivity contribution in [3.05, 3.63) is 119 Å². The van der Waals surface area contributed by atoms with Crippen LogP contribution in [0.15, 0.2) is 91.0 Å². The average molecular weight is 735 g/mol. The summed E-state index contributed by atoms with van der Waals surface area (Å²) >= 11 is 0. The van der Waals surface area contributed by atoms with Gasteiger partial charge in [0.05, 0.1) is 33.1 Å². The lowest BCUT2D eigenvalue weighted by atomic mass is 10.1. The van der Waals surface area contributed by atoms with Crippen LogP contribution in [0.25, 0.3) is 43.9 Å². The summed E-state index contributed by atoms with van der Waals surface area (Å²) in [7, 11) is 3.54. The van der Waals surface area contributed by atoms with Crippen LogP contribution in [0.2, 0.25) is 0 Å². The molecule has 0 aliphatic carbocycles. The maximum absolute atomic E-state index is 13.7. The zero-order chi connectivity index (χ0) is 38.5. The van der Waals surface area contributed by atoms with Crippen LogP contribution in [0, 0.1) is 6.92 Å². The number of benzene rings is 4. The molecule has 4 aromatic carbocycles. The van der Waals surface area contributed by atoms with Crippen molar-refractivity contribution in [1.29, 1.82) is 0 Å². The van der Waals surface area contributed by atoms with Crippen molar-refractivity contribution in [3.63, 3.8) is 0 Å². The Morgan fingerprint density at radius 1 is 0.636 bits per heavy atom. The van der Waals surface area contributed by atoms with E-state index in [2.05, 4.69) is 25.8 Å². The number of aromatic nitrogens is 8. The highest BCUT2D eigenvalue weighted by Crippen LogP contribution is 2.28. The molecule has 16 nitrogen and oxygen atoms in total. The standard InChI is InChI=1S/C39H34N12O4/c1-21-18-23(35(41)53)20-27-33(21)51(39(43-27)45-37(55)32-25-11-5-7-13-29(25)49(3)47-32)17-9-8-16-50-30-15-14-22(34(40)52)19-26(30)42-38(50)44-36(54)31-24-10-4-6-12-28(24)48(2)46-31/h4-15,18-20H,16-17H2,1-3H3,(H2,40,52)(H2,41,53)(H,42,44,54)(H,43,45,55)/b9-8+. The molecule has 0 fully saturated rings. The second-order valence-electron chi connectivity index (χ2n) is 13.0. The molecule has 0 aliphatic rings. The van der Waals surface area contributed by atoms with E-state index in [1.54, 1.807) is 58.4 Å². The van der Waals surface area contributed by atoms with Gasteiger partial charge in [-0.25, -0.2) is 9.97 Å². The Morgan fingerprint density at radius 3 is 1.73 bits per heavy atom. The Bertz CT molecular complexity index is 2930. The van der Waals surface area contributed by atoms with Crippen LogP contribution >= 0.6 is 0 Å². The number of allylic oxidation sites excluding steroid dienone is 2. The number of carbonyl (C=O) groups is 4. The number of aryl methyl sites for hydroxylation is 3. The van der Waals surface area contributed by atoms with Gasteiger partial charge in [-0.05, 0) is 55.0 Å². The molecule has 0 bridgehead atoms. The number of nitrogens with two attached hydrogens (primary N) is 2. The Labute approximate surface area is 312 Å². The molecule has 274 valence electrons. The van der Waals surface area contributed by atoms with Gasteiger partial charge in [-0.1, -0.05) is 48.6 Å². The number of para-hydroxylation sites is 2. The zero-order valence-electron chi connectivity index (χ0n) is 29.9. The largest absolute Gasteiger partial charge is 0.366 e. The second kappa shape index (κ2) is 13.4. The molecule has 16 heteroatoms. The molecule has 0 aliphatic heterocycles. The second-order valence-corrected chi connectivity index (χ2v) is 13.0. The van der Waals surface area contributed by atoms with Crippen molar-refractivity contribution < 1.29 is 19.2 Å². The number of imidazole rings is 2. The minimum Gasteiger partial charge on any atom is -0.366 e. The van der Waals surface area contributed by atoms with Crippen LogP contribution in [-0.2, 0) is 27.2 Å². The van der Waals surface area contributed by atoms with E-state index in [4.69, 9.17) is 16.5 Å². The van der Waals surface area contributed by atoms with Crippen LogP contribution in [0.3, 0.4) is 0 Å². The van der Waals surface area contributed by atoms with Gasteiger partial charge in [-0.3, -0.25) is 39.2 Å². The number of amides is 4. The molecule has 0 spiro atoms. The Hall–Kier alpha value is -7.62. The third-order valence-corrected chi connectivity index (χ3v) is 9.49. The molecule has 4 heterocycles. The van der Waals surface area contributed by atoms with Crippen LogP contribution in [0.1, 0.15) is 47.3 Å². The first-order valence-electron chi connectivity index (χ1n) is 17.2. The minimum atomic E-state index is -0.605. The third kappa shape index (κ3) is 6.10. The number of nitrogens with one attached hydrogen (secondary N) is 2. The molecule has 8 rings (SSSR count). The monoisotopic (exact) mass is 734 g/mol. The van der Waals surface area contributed by atoms with E-state index in [-0.39, 0.29) is 41.9 Å². The highest BCUT2D eigenvalue weighted by atomic mass is 16.2. The first kappa shape index (κ1) is 34.5. The molecule has 8 aromatic rings. The third-order valence-electron chi connectivity index (χ3n) is 9.49. The lowest BCUT2D eigenvalue weighted by molar-refractivity contribution is 0.0992. The van der Waals surface area contributed by atoms with E-state index >= 15 is 0 Å². The van der Waals surface area contributed by atoms with E-state index in [1.807, 2.05) is 72.2 Å². The van der Waals surface area contributed by atoms with Crippen molar-refractivity contribution >= 4 is 79.4 Å². The maximum Gasteiger partial charge on any atom is 0.279 e. The summed E-state index contributed by atoms with van der Waals surface area (Å²) in [4.78, 5) is 60.8. The van der Waals surface area contributed by atoms with Gasteiger partial charge >= 0.3 is 0 Å². The highest BCUT2D eigenvalue weighted by Gasteiger charge is 2.22. The van der Waals surface area contributed by atoms with E-state index in [1.165, 1.54) is 0 Å². The maximum atomic E-state index is 13.7. The highest BCUT2D eigenvalue weighted by molar-refractivity contribution is 6.12. The fourth-order valence-electron chi connectivity index (χ4n) is 6.90. The van der Waals surface area contributed by atoms with E-state index in [0.717, 1.165) is 16.6 Å². The number of rotatable bonds is 10. The quantitative estimate of drug-likeness (QED) is 0.147. The molecular weight excluding hydrogens is 701 g/mol. The van der Waals surface area contributed by atoms with Crippen LogP contribution in [0.5, 0.6) is 0 Å². The van der Waals surface area contributed by atoms with Gasteiger partial charge in [0.15, 0.2) is 11.4 Å². The van der Waals surface area contributed by atoms with Crippen molar-refractivity contribution in [2.45, 2.75) is 20.0 Å². The smallest absolute Gasteiger partial charge is 0.279 e. The Kier molecular flexibility index (Phi) is 8.41. The van der Waals surface area contributed by atoms with Crippen LogP contribution in [0.4, 0.5) is 11.9 Å². The van der Waals surface area contributed by atoms with Gasteiger partial charge in [0.25, 0.3) is 11.8 Å². The number of hydrogen-bond donors (Lipinski definition) is 4. The van der Waals surface area contributed by atoms with Crippen LogP contribution in [-0.4, -0.2) is 62.3 Å². The molecule has 0 atom stereocenters. The molecular formula is C39H34N12O4. The summed E-state index contributed by atoms with van der Waals surface area (Å²) in [6, 6.07) is 23.0. The van der Waals surface area contributed by atoms with Gasteiger partial charge < -0.3 is 20.6 Å². The molecule has 4 aromatic heterocycles. The van der Waals surface area contributed by atoms with Gasteiger partial charge in [0.2, 0.25) is 23.7 Å².